The van der Waals surface area contributed by atoms with Gasteiger partial charge in [-0.2, -0.15) is 4.31 Å². The van der Waals surface area contributed by atoms with E-state index in [4.69, 9.17) is 10.6 Å². The summed E-state index contributed by atoms with van der Waals surface area (Å²) in [6.45, 7) is 1.37. The number of pyridine rings is 1. The lowest BCUT2D eigenvalue weighted by atomic mass is 10.5. The predicted octanol–water partition coefficient (Wildman–Crippen LogP) is 1.18. The number of aromatic nitrogens is 1. The molecule has 1 saturated carbocycles. The first-order valence-electron chi connectivity index (χ1n) is 6.61. The fourth-order valence-corrected chi connectivity index (χ4v) is 3.51. The van der Waals surface area contributed by atoms with Gasteiger partial charge in [0.15, 0.2) is 5.82 Å². The van der Waals surface area contributed by atoms with E-state index in [1.165, 1.54) is 36.5 Å². The Labute approximate surface area is 133 Å². The number of likely N-dealkylation sites (N-methyl/N-ethyl adjacent to an activating group) is 1. The number of anilines is 1. The van der Waals surface area contributed by atoms with E-state index in [0.717, 1.165) is 0 Å². The number of rotatable bonds is 8. The van der Waals surface area contributed by atoms with Crippen LogP contribution in [-0.2, 0) is 14.8 Å². The van der Waals surface area contributed by atoms with Gasteiger partial charge < -0.3 is 10.2 Å². The zero-order valence-electron chi connectivity index (χ0n) is 11.8. The highest BCUT2D eigenvalue weighted by molar-refractivity contribution is 9.10. The van der Waals surface area contributed by atoms with Crippen molar-refractivity contribution in [2.75, 3.05) is 32.2 Å². The summed E-state index contributed by atoms with van der Waals surface area (Å²) in [5, 5.41) is 0. The molecule has 118 valence electrons. The first-order chi connectivity index (χ1) is 9.95. The van der Waals surface area contributed by atoms with Crippen molar-refractivity contribution >= 4 is 31.8 Å². The fraction of sp³-hybridized carbons (Fsp3) is 0.583. The summed E-state index contributed by atoms with van der Waals surface area (Å²) in [7, 11) is -2.16. The molecule has 1 fully saturated rings. The van der Waals surface area contributed by atoms with Crippen LogP contribution in [0.4, 0.5) is 5.82 Å². The van der Waals surface area contributed by atoms with E-state index in [-0.39, 0.29) is 17.3 Å². The molecule has 0 radical (unpaired) electrons. The molecule has 2 rings (SSSR count). The van der Waals surface area contributed by atoms with Crippen LogP contribution in [0.15, 0.2) is 21.6 Å². The van der Waals surface area contributed by atoms with Crippen molar-refractivity contribution in [3.8, 4) is 0 Å². The highest BCUT2D eigenvalue weighted by Gasteiger charge is 2.26. The molecule has 1 aromatic rings. The Morgan fingerprint density at radius 1 is 1.57 bits per heavy atom. The number of nitrogen functional groups attached to an aromatic ring is 1. The summed E-state index contributed by atoms with van der Waals surface area (Å²) < 4.78 is 32.3. The van der Waals surface area contributed by atoms with Crippen LogP contribution in [0.5, 0.6) is 0 Å². The zero-order valence-corrected chi connectivity index (χ0v) is 14.2. The second-order valence-corrected chi connectivity index (χ2v) is 7.92. The summed E-state index contributed by atoms with van der Waals surface area (Å²) in [5.41, 5.74) is 2.31. The topological polar surface area (TPSA) is 97.5 Å². The van der Waals surface area contributed by atoms with Gasteiger partial charge in [0.05, 0.1) is 6.61 Å². The maximum Gasteiger partial charge on any atom is 0.246 e. The summed E-state index contributed by atoms with van der Waals surface area (Å²) in [6, 6.07) is 1.47. The van der Waals surface area contributed by atoms with Crippen molar-refractivity contribution in [1.29, 1.82) is 0 Å². The zero-order chi connectivity index (χ0) is 15.5. The molecule has 0 saturated heterocycles. The summed E-state index contributed by atoms with van der Waals surface area (Å²) in [4.78, 5) is 3.98. The molecule has 0 spiro atoms. The van der Waals surface area contributed by atoms with E-state index in [0.29, 0.717) is 23.6 Å². The molecule has 0 aliphatic heterocycles. The number of hydrazine groups is 1. The van der Waals surface area contributed by atoms with E-state index in [9.17, 15) is 8.42 Å². The summed E-state index contributed by atoms with van der Waals surface area (Å²) >= 11 is 3.22. The maximum absolute atomic E-state index is 12.5. The van der Waals surface area contributed by atoms with Gasteiger partial charge in [0.1, 0.15) is 4.90 Å². The third-order valence-electron chi connectivity index (χ3n) is 3.25. The molecule has 7 nitrogen and oxygen atoms in total. The highest BCUT2D eigenvalue weighted by atomic mass is 79.9. The van der Waals surface area contributed by atoms with Gasteiger partial charge in [-0.05, 0) is 40.8 Å². The molecule has 0 unspecified atom stereocenters. The van der Waals surface area contributed by atoms with Crippen molar-refractivity contribution in [2.45, 2.75) is 17.7 Å². The van der Waals surface area contributed by atoms with Gasteiger partial charge in [-0.25, -0.2) is 19.2 Å². The lowest BCUT2D eigenvalue weighted by Crippen LogP contribution is -2.31. The molecule has 1 aromatic heterocycles. The number of sulfonamides is 1. The SMILES string of the molecule is CN(CCOCC1CC1)S(=O)(=O)c1cc(Br)cnc1NN. The molecule has 1 aliphatic carbocycles. The Hall–Kier alpha value is -0.740. The van der Waals surface area contributed by atoms with Gasteiger partial charge in [-0.15, -0.1) is 0 Å². The van der Waals surface area contributed by atoms with E-state index in [1.807, 2.05) is 0 Å². The molecule has 0 aromatic carbocycles. The van der Waals surface area contributed by atoms with Crippen LogP contribution in [0.3, 0.4) is 0 Å². The Bertz CT molecular complexity index is 592. The van der Waals surface area contributed by atoms with Crippen molar-refractivity contribution in [1.82, 2.24) is 9.29 Å². The second kappa shape index (κ2) is 7.01. The minimum absolute atomic E-state index is 0.0315. The standard InChI is InChI=1S/C12H19BrN4O3S/c1-17(4-5-20-8-9-2-3-9)21(18,19)11-6-10(13)7-15-12(11)16-14/h6-7,9H,2-5,8,14H2,1H3,(H,15,16). The monoisotopic (exact) mass is 378 g/mol. The van der Waals surface area contributed by atoms with Crippen LogP contribution in [0.1, 0.15) is 12.8 Å². The van der Waals surface area contributed by atoms with Crippen LogP contribution in [-0.4, -0.2) is 44.5 Å². The van der Waals surface area contributed by atoms with Crippen LogP contribution >= 0.6 is 15.9 Å². The molecule has 0 bridgehead atoms. The van der Waals surface area contributed by atoms with Gasteiger partial charge in [0.25, 0.3) is 0 Å². The van der Waals surface area contributed by atoms with Crippen LogP contribution in [0.25, 0.3) is 0 Å². The molecule has 9 heteroatoms. The molecule has 0 atom stereocenters. The molecule has 0 amide bonds. The number of nitrogens with one attached hydrogen (secondary N) is 1. The third-order valence-corrected chi connectivity index (χ3v) is 5.55. The van der Waals surface area contributed by atoms with E-state index in [1.54, 1.807) is 0 Å². The Morgan fingerprint density at radius 3 is 2.90 bits per heavy atom. The quantitative estimate of drug-likeness (QED) is 0.400. The normalized spacial score (nSPS) is 15.4. The lowest BCUT2D eigenvalue weighted by Gasteiger charge is -2.18. The summed E-state index contributed by atoms with van der Waals surface area (Å²) in [5.74, 6) is 6.10. The van der Waals surface area contributed by atoms with Gasteiger partial charge in [-0.3, -0.25) is 0 Å². The number of hydrogen-bond acceptors (Lipinski definition) is 6. The van der Waals surface area contributed by atoms with Crippen molar-refractivity contribution in [2.24, 2.45) is 11.8 Å². The summed E-state index contributed by atoms with van der Waals surface area (Å²) in [6.07, 6.45) is 3.90. The largest absolute Gasteiger partial charge is 0.380 e. The van der Waals surface area contributed by atoms with E-state index >= 15 is 0 Å². The number of nitrogens with zero attached hydrogens (tertiary/aromatic N) is 2. The Morgan fingerprint density at radius 2 is 2.29 bits per heavy atom. The Kier molecular flexibility index (Phi) is 5.55. The minimum atomic E-state index is -3.67. The molecular weight excluding hydrogens is 360 g/mol. The van der Waals surface area contributed by atoms with Gasteiger partial charge in [0, 0.05) is 30.9 Å². The molecule has 1 aliphatic rings. The number of nitrogens with two attached hydrogens (primary N) is 1. The van der Waals surface area contributed by atoms with Crippen LogP contribution in [0.2, 0.25) is 0 Å². The number of ether oxygens (including phenoxy) is 1. The van der Waals surface area contributed by atoms with Gasteiger partial charge >= 0.3 is 0 Å². The van der Waals surface area contributed by atoms with Gasteiger partial charge in [0.2, 0.25) is 10.0 Å². The Balaban J connectivity index is 2.03. The van der Waals surface area contributed by atoms with Crippen LogP contribution in [0, 0.1) is 5.92 Å². The fourth-order valence-electron chi connectivity index (χ4n) is 1.74. The van der Waals surface area contributed by atoms with Crippen molar-refractivity contribution < 1.29 is 13.2 Å². The highest BCUT2D eigenvalue weighted by Crippen LogP contribution is 2.29. The maximum atomic E-state index is 12.5. The number of halogens is 1. The van der Waals surface area contributed by atoms with E-state index in [2.05, 4.69) is 26.3 Å². The molecule has 3 N–H and O–H groups in total. The third kappa shape index (κ3) is 4.36. The van der Waals surface area contributed by atoms with Crippen LogP contribution < -0.4 is 11.3 Å². The molecule has 1 heterocycles. The average Bonchev–Trinajstić information content (AvgIpc) is 3.27. The minimum Gasteiger partial charge on any atom is -0.380 e. The van der Waals surface area contributed by atoms with E-state index < -0.39 is 10.0 Å². The average molecular weight is 379 g/mol. The van der Waals surface area contributed by atoms with Crippen molar-refractivity contribution in [3.63, 3.8) is 0 Å². The van der Waals surface area contributed by atoms with Gasteiger partial charge in [-0.1, -0.05) is 0 Å². The lowest BCUT2D eigenvalue weighted by molar-refractivity contribution is 0.117. The number of hydrogen-bond donors (Lipinski definition) is 2. The predicted molar refractivity (Wildman–Crippen MR) is 83.1 cm³/mol. The molecule has 21 heavy (non-hydrogen) atoms. The first kappa shape index (κ1) is 16.6. The second-order valence-electron chi connectivity index (χ2n) is 4.99. The van der Waals surface area contributed by atoms with Crippen molar-refractivity contribution in [3.05, 3.63) is 16.7 Å². The molecular formula is C12H19BrN4O3S. The smallest absolute Gasteiger partial charge is 0.246 e. The first-order valence-corrected chi connectivity index (χ1v) is 8.84.